The van der Waals surface area contributed by atoms with Crippen LogP contribution in [-0.4, -0.2) is 11.9 Å². The van der Waals surface area contributed by atoms with Crippen LogP contribution in [0.25, 0.3) is 0 Å². The van der Waals surface area contributed by atoms with Gasteiger partial charge in [-0.25, -0.2) is 9.79 Å². The van der Waals surface area contributed by atoms with E-state index in [0.29, 0.717) is 11.6 Å². The molecule has 3 nitrogen and oxygen atoms in total. The molecular weight excluding hydrogens is 270 g/mol. The number of carbonyl (C=O) groups is 1. The first-order valence-electron chi connectivity index (χ1n) is 4.97. The lowest BCUT2D eigenvalue weighted by molar-refractivity contribution is -0.130. The van der Waals surface area contributed by atoms with E-state index >= 15 is 0 Å². The molecular formula is C12H10BrNO2. The fourth-order valence-corrected chi connectivity index (χ4v) is 1.62. The van der Waals surface area contributed by atoms with Crippen molar-refractivity contribution in [2.75, 3.05) is 0 Å². The van der Waals surface area contributed by atoms with Gasteiger partial charge in [0.1, 0.15) is 5.70 Å². The number of carbonyl (C=O) groups excluding carboxylic acids is 1. The SMILES string of the molecule is CC/C=C1/N=C(c2ccc(Br)cc2)OC1=O. The third-order valence-electron chi connectivity index (χ3n) is 2.11. The summed E-state index contributed by atoms with van der Waals surface area (Å²) in [6, 6.07) is 7.47. The molecule has 0 atom stereocenters. The molecule has 0 amide bonds. The molecule has 0 unspecified atom stereocenters. The lowest BCUT2D eigenvalue weighted by atomic mass is 10.2. The molecule has 82 valence electrons. The number of benzene rings is 1. The highest BCUT2D eigenvalue weighted by molar-refractivity contribution is 9.10. The van der Waals surface area contributed by atoms with Crippen LogP contribution in [0.2, 0.25) is 0 Å². The predicted molar refractivity (Wildman–Crippen MR) is 65.1 cm³/mol. The van der Waals surface area contributed by atoms with Crippen molar-refractivity contribution < 1.29 is 9.53 Å². The van der Waals surface area contributed by atoms with Crippen LogP contribution in [0, 0.1) is 0 Å². The Morgan fingerprint density at radius 2 is 2.06 bits per heavy atom. The van der Waals surface area contributed by atoms with Crippen molar-refractivity contribution >= 4 is 27.8 Å². The summed E-state index contributed by atoms with van der Waals surface area (Å²) in [6.45, 7) is 1.95. The highest BCUT2D eigenvalue weighted by Crippen LogP contribution is 2.18. The number of esters is 1. The highest BCUT2D eigenvalue weighted by Gasteiger charge is 2.23. The van der Waals surface area contributed by atoms with Gasteiger partial charge in [0.25, 0.3) is 0 Å². The predicted octanol–water partition coefficient (Wildman–Crippen LogP) is 3.05. The zero-order valence-electron chi connectivity index (χ0n) is 8.74. The molecule has 1 aliphatic rings. The second-order valence-corrected chi connectivity index (χ2v) is 4.23. The van der Waals surface area contributed by atoms with E-state index in [4.69, 9.17) is 4.74 Å². The minimum atomic E-state index is -0.375. The molecule has 4 heteroatoms. The standard InChI is InChI=1S/C12H10BrNO2/c1-2-3-10-12(15)16-11(14-10)8-4-6-9(13)7-5-8/h3-7H,2H2,1H3/b10-3+. The van der Waals surface area contributed by atoms with Crippen molar-refractivity contribution in [3.05, 3.63) is 46.1 Å². The van der Waals surface area contributed by atoms with Gasteiger partial charge < -0.3 is 4.74 Å². The second-order valence-electron chi connectivity index (χ2n) is 3.31. The van der Waals surface area contributed by atoms with E-state index in [-0.39, 0.29) is 5.97 Å². The first-order chi connectivity index (χ1) is 7.70. The number of allylic oxidation sites excluding steroid dienone is 1. The van der Waals surface area contributed by atoms with Crippen LogP contribution < -0.4 is 0 Å². The Morgan fingerprint density at radius 3 is 2.69 bits per heavy atom. The summed E-state index contributed by atoms with van der Waals surface area (Å²) in [5.41, 5.74) is 1.19. The zero-order chi connectivity index (χ0) is 11.5. The minimum absolute atomic E-state index is 0.372. The maximum absolute atomic E-state index is 11.4. The molecule has 0 N–H and O–H groups in total. The van der Waals surface area contributed by atoms with E-state index in [2.05, 4.69) is 20.9 Å². The molecule has 0 spiro atoms. The smallest absolute Gasteiger partial charge is 0.363 e. The highest BCUT2D eigenvalue weighted by atomic mass is 79.9. The summed E-state index contributed by atoms with van der Waals surface area (Å²) in [6.07, 6.45) is 2.52. The first kappa shape index (κ1) is 11.1. The fraction of sp³-hybridized carbons (Fsp3) is 0.167. The van der Waals surface area contributed by atoms with Crippen molar-refractivity contribution in [1.29, 1.82) is 0 Å². The molecule has 0 aliphatic carbocycles. The van der Waals surface area contributed by atoms with Gasteiger partial charge in [-0.3, -0.25) is 0 Å². The van der Waals surface area contributed by atoms with Gasteiger partial charge in [0, 0.05) is 10.0 Å². The average molecular weight is 280 g/mol. The van der Waals surface area contributed by atoms with Crippen molar-refractivity contribution in [3.8, 4) is 0 Å². The summed E-state index contributed by atoms with van der Waals surface area (Å²) in [5.74, 6) is -0.00281. The van der Waals surface area contributed by atoms with Crippen LogP contribution in [0.15, 0.2) is 45.5 Å². The van der Waals surface area contributed by atoms with E-state index in [0.717, 1.165) is 16.5 Å². The van der Waals surface area contributed by atoms with Gasteiger partial charge in [0.15, 0.2) is 0 Å². The molecule has 2 rings (SSSR count). The molecule has 1 aromatic rings. The molecule has 0 radical (unpaired) electrons. The third-order valence-corrected chi connectivity index (χ3v) is 2.64. The van der Waals surface area contributed by atoms with Gasteiger partial charge in [-0.05, 0) is 30.7 Å². The van der Waals surface area contributed by atoms with Crippen LogP contribution in [0.5, 0.6) is 0 Å². The number of ether oxygens (including phenoxy) is 1. The number of rotatable bonds is 2. The summed E-state index contributed by atoms with van der Waals surface area (Å²) in [7, 11) is 0. The molecule has 0 saturated heterocycles. The average Bonchev–Trinajstić information content (AvgIpc) is 2.62. The number of hydrogen-bond donors (Lipinski definition) is 0. The van der Waals surface area contributed by atoms with Crippen molar-refractivity contribution in [2.45, 2.75) is 13.3 Å². The van der Waals surface area contributed by atoms with E-state index in [1.54, 1.807) is 6.08 Å². The first-order valence-corrected chi connectivity index (χ1v) is 5.77. The maximum atomic E-state index is 11.4. The van der Waals surface area contributed by atoms with Crippen LogP contribution in [0.3, 0.4) is 0 Å². The monoisotopic (exact) mass is 279 g/mol. The van der Waals surface area contributed by atoms with Crippen LogP contribution in [0.4, 0.5) is 0 Å². The van der Waals surface area contributed by atoms with Crippen LogP contribution >= 0.6 is 15.9 Å². The van der Waals surface area contributed by atoms with Crippen molar-refractivity contribution in [1.82, 2.24) is 0 Å². The van der Waals surface area contributed by atoms with Crippen molar-refractivity contribution in [3.63, 3.8) is 0 Å². The molecule has 0 bridgehead atoms. The second kappa shape index (κ2) is 4.61. The molecule has 0 fully saturated rings. The van der Waals surface area contributed by atoms with Crippen LogP contribution in [-0.2, 0) is 9.53 Å². The number of hydrogen-bond acceptors (Lipinski definition) is 3. The van der Waals surface area contributed by atoms with Gasteiger partial charge in [-0.1, -0.05) is 28.9 Å². The lowest BCUT2D eigenvalue weighted by Crippen LogP contribution is -2.05. The maximum Gasteiger partial charge on any atom is 0.363 e. The summed E-state index contributed by atoms with van der Waals surface area (Å²) in [5, 5.41) is 0. The van der Waals surface area contributed by atoms with Gasteiger partial charge in [0.2, 0.25) is 5.90 Å². The van der Waals surface area contributed by atoms with E-state index in [9.17, 15) is 4.79 Å². The molecule has 0 aromatic heterocycles. The number of cyclic esters (lactones) is 1. The number of nitrogens with zero attached hydrogens (tertiary/aromatic N) is 1. The van der Waals surface area contributed by atoms with Gasteiger partial charge in [0.05, 0.1) is 0 Å². The third kappa shape index (κ3) is 2.22. The zero-order valence-corrected chi connectivity index (χ0v) is 10.3. The Bertz CT molecular complexity index is 474. The Kier molecular flexibility index (Phi) is 3.19. The Balaban J connectivity index is 2.30. The largest absolute Gasteiger partial charge is 0.402 e. The topological polar surface area (TPSA) is 38.7 Å². The molecule has 1 aromatic carbocycles. The van der Waals surface area contributed by atoms with E-state index < -0.39 is 0 Å². The molecule has 1 heterocycles. The van der Waals surface area contributed by atoms with Gasteiger partial charge in [-0.2, -0.15) is 0 Å². The number of halogens is 1. The number of aliphatic imine (C=N–C) groups is 1. The van der Waals surface area contributed by atoms with Gasteiger partial charge in [-0.15, -0.1) is 0 Å². The Hall–Kier alpha value is -1.42. The summed E-state index contributed by atoms with van der Waals surface area (Å²) in [4.78, 5) is 15.5. The van der Waals surface area contributed by atoms with Gasteiger partial charge >= 0.3 is 5.97 Å². The minimum Gasteiger partial charge on any atom is -0.402 e. The summed E-state index contributed by atoms with van der Waals surface area (Å²) >= 11 is 3.34. The fourth-order valence-electron chi connectivity index (χ4n) is 1.36. The Labute approximate surface area is 102 Å². The van der Waals surface area contributed by atoms with Crippen molar-refractivity contribution in [2.24, 2.45) is 4.99 Å². The Morgan fingerprint density at radius 1 is 1.38 bits per heavy atom. The molecule has 16 heavy (non-hydrogen) atoms. The summed E-state index contributed by atoms with van der Waals surface area (Å²) < 4.78 is 6.06. The lowest BCUT2D eigenvalue weighted by Gasteiger charge is -1.98. The normalized spacial score (nSPS) is 17.5. The molecule has 1 aliphatic heterocycles. The quantitative estimate of drug-likeness (QED) is 0.617. The molecule has 0 saturated carbocycles. The van der Waals surface area contributed by atoms with Crippen LogP contribution in [0.1, 0.15) is 18.9 Å². The van der Waals surface area contributed by atoms with E-state index in [1.165, 1.54) is 0 Å². The van der Waals surface area contributed by atoms with E-state index in [1.807, 2.05) is 31.2 Å².